The van der Waals surface area contributed by atoms with Gasteiger partial charge in [0.1, 0.15) is 6.04 Å². The third-order valence-corrected chi connectivity index (χ3v) is 3.89. The van der Waals surface area contributed by atoms with Crippen LogP contribution in [0.1, 0.15) is 33.6 Å². The molecule has 19 heavy (non-hydrogen) atoms. The Morgan fingerprint density at radius 2 is 2.16 bits per heavy atom. The first-order valence-electron chi connectivity index (χ1n) is 6.72. The Morgan fingerprint density at radius 1 is 1.53 bits per heavy atom. The van der Waals surface area contributed by atoms with Gasteiger partial charge in [0.15, 0.2) is 0 Å². The van der Waals surface area contributed by atoms with Crippen LogP contribution in [0.5, 0.6) is 0 Å². The van der Waals surface area contributed by atoms with Crippen molar-refractivity contribution in [2.24, 2.45) is 17.3 Å². The molecular weight excluding hydrogens is 244 g/mol. The van der Waals surface area contributed by atoms with E-state index in [-0.39, 0.29) is 17.3 Å². The Kier molecular flexibility index (Phi) is 5.19. The summed E-state index contributed by atoms with van der Waals surface area (Å²) >= 11 is 0. The third kappa shape index (κ3) is 3.84. The minimum absolute atomic E-state index is 0.0288. The highest BCUT2D eigenvalue weighted by molar-refractivity contribution is 5.65. The maximum atomic E-state index is 11.2. The maximum absolute atomic E-state index is 11.2. The number of rotatable bonds is 3. The minimum atomic E-state index is -1.06. The fourth-order valence-corrected chi connectivity index (χ4v) is 3.01. The molecule has 0 aliphatic carbocycles. The predicted octanol–water partition coefficient (Wildman–Crippen LogP) is 2.58. The number of hydrogen-bond acceptors (Lipinski definition) is 3. The summed E-state index contributed by atoms with van der Waals surface area (Å²) in [5.74, 6) is 0.207. The van der Waals surface area contributed by atoms with Gasteiger partial charge in [-0.15, -0.1) is 0 Å². The molecule has 5 heteroatoms. The summed E-state index contributed by atoms with van der Waals surface area (Å²) in [7, 11) is 1.47. The van der Waals surface area contributed by atoms with Crippen LogP contribution in [0.4, 0.5) is 4.79 Å². The smallest absolute Gasteiger partial charge is 0.408 e. The van der Waals surface area contributed by atoms with E-state index in [1.165, 1.54) is 7.05 Å². The standard InChI is InChI=1S/C14H24N2O3/c1-14(2,3)12(10-6-5-7-19-9-10)11(8-15)16(4)13(17)18/h10-12H,5-7,9H2,1-4H3,(H,17,18)/t10-,11+,12?/m0/s1. The van der Waals surface area contributed by atoms with Gasteiger partial charge < -0.3 is 9.84 Å². The van der Waals surface area contributed by atoms with Gasteiger partial charge in [-0.2, -0.15) is 5.26 Å². The zero-order valence-electron chi connectivity index (χ0n) is 12.2. The molecule has 1 aliphatic heterocycles. The Balaban J connectivity index is 3.01. The molecule has 1 rings (SSSR count). The third-order valence-electron chi connectivity index (χ3n) is 3.89. The number of ether oxygens (including phenoxy) is 1. The molecule has 5 nitrogen and oxygen atoms in total. The van der Waals surface area contributed by atoms with Gasteiger partial charge >= 0.3 is 6.09 Å². The van der Waals surface area contributed by atoms with Crippen LogP contribution in [0.3, 0.4) is 0 Å². The summed E-state index contributed by atoms with van der Waals surface area (Å²) in [6.45, 7) is 7.57. The molecule has 1 heterocycles. The second-order valence-electron chi connectivity index (χ2n) is 6.34. The monoisotopic (exact) mass is 268 g/mol. The molecule has 1 N–H and O–H groups in total. The van der Waals surface area contributed by atoms with Crippen molar-refractivity contribution in [1.82, 2.24) is 4.90 Å². The molecule has 0 saturated carbocycles. The summed E-state index contributed by atoms with van der Waals surface area (Å²) in [6.07, 6.45) is 0.914. The predicted molar refractivity (Wildman–Crippen MR) is 71.7 cm³/mol. The van der Waals surface area contributed by atoms with Gasteiger partial charge in [-0.3, -0.25) is 4.90 Å². The summed E-state index contributed by atoms with van der Waals surface area (Å²) in [5, 5.41) is 18.6. The molecular formula is C14H24N2O3. The van der Waals surface area contributed by atoms with E-state index in [4.69, 9.17) is 9.84 Å². The van der Waals surface area contributed by atoms with Crippen LogP contribution in [0.2, 0.25) is 0 Å². The molecule has 1 amide bonds. The first-order valence-corrected chi connectivity index (χ1v) is 6.72. The van der Waals surface area contributed by atoms with E-state index in [0.29, 0.717) is 6.61 Å². The van der Waals surface area contributed by atoms with Crippen molar-refractivity contribution in [2.45, 2.75) is 39.7 Å². The Bertz CT molecular complexity index is 351. The van der Waals surface area contributed by atoms with Crippen molar-refractivity contribution in [2.75, 3.05) is 20.3 Å². The Morgan fingerprint density at radius 3 is 2.53 bits per heavy atom. The Hall–Kier alpha value is -1.28. The first kappa shape index (κ1) is 15.8. The number of nitrogens with zero attached hydrogens (tertiary/aromatic N) is 2. The lowest BCUT2D eigenvalue weighted by molar-refractivity contribution is -0.0177. The average molecular weight is 268 g/mol. The van der Waals surface area contributed by atoms with Gasteiger partial charge in [0.05, 0.1) is 6.07 Å². The lowest BCUT2D eigenvalue weighted by Gasteiger charge is -2.43. The molecule has 0 spiro atoms. The van der Waals surface area contributed by atoms with Crippen molar-refractivity contribution in [3.63, 3.8) is 0 Å². The Labute approximate surface area is 115 Å². The topological polar surface area (TPSA) is 73.6 Å². The van der Waals surface area contributed by atoms with Gasteiger partial charge in [-0.25, -0.2) is 4.79 Å². The number of nitriles is 1. The van der Waals surface area contributed by atoms with Crippen LogP contribution < -0.4 is 0 Å². The quantitative estimate of drug-likeness (QED) is 0.853. The molecule has 0 bridgehead atoms. The molecule has 1 aliphatic rings. The van der Waals surface area contributed by atoms with E-state index in [9.17, 15) is 10.1 Å². The molecule has 0 radical (unpaired) electrons. The van der Waals surface area contributed by atoms with Crippen molar-refractivity contribution >= 4 is 6.09 Å². The summed E-state index contributed by atoms with van der Waals surface area (Å²) in [5.41, 5.74) is -0.143. The van der Waals surface area contributed by atoms with E-state index < -0.39 is 12.1 Å². The highest BCUT2D eigenvalue weighted by Crippen LogP contribution is 2.39. The number of amides is 1. The van der Waals surface area contributed by atoms with E-state index in [1.54, 1.807) is 0 Å². The highest BCUT2D eigenvalue weighted by atomic mass is 16.5. The number of hydrogen-bond donors (Lipinski definition) is 1. The summed E-state index contributed by atoms with van der Waals surface area (Å²) < 4.78 is 5.52. The van der Waals surface area contributed by atoms with E-state index in [1.807, 2.05) is 0 Å². The zero-order valence-corrected chi connectivity index (χ0v) is 12.2. The first-order chi connectivity index (χ1) is 8.79. The van der Waals surface area contributed by atoms with E-state index >= 15 is 0 Å². The molecule has 0 aromatic heterocycles. The molecule has 1 fully saturated rings. The van der Waals surface area contributed by atoms with Crippen LogP contribution in [0.25, 0.3) is 0 Å². The van der Waals surface area contributed by atoms with Crippen LogP contribution in [0.15, 0.2) is 0 Å². The average Bonchev–Trinajstić information content (AvgIpc) is 2.34. The van der Waals surface area contributed by atoms with E-state index in [0.717, 1.165) is 24.3 Å². The summed E-state index contributed by atoms with van der Waals surface area (Å²) in [4.78, 5) is 12.3. The van der Waals surface area contributed by atoms with Crippen molar-refractivity contribution in [3.05, 3.63) is 0 Å². The van der Waals surface area contributed by atoms with Crippen LogP contribution in [0, 0.1) is 28.6 Å². The normalized spacial score (nSPS) is 23.2. The highest BCUT2D eigenvalue weighted by Gasteiger charge is 2.42. The van der Waals surface area contributed by atoms with Gasteiger partial charge in [0.25, 0.3) is 0 Å². The number of carboxylic acid groups (broad SMARTS) is 1. The lowest BCUT2D eigenvalue weighted by atomic mass is 9.67. The minimum Gasteiger partial charge on any atom is -0.465 e. The van der Waals surface area contributed by atoms with Crippen molar-refractivity contribution < 1.29 is 14.6 Å². The van der Waals surface area contributed by atoms with Crippen LogP contribution in [-0.2, 0) is 4.74 Å². The van der Waals surface area contributed by atoms with Crippen LogP contribution >= 0.6 is 0 Å². The van der Waals surface area contributed by atoms with Gasteiger partial charge in [0, 0.05) is 26.2 Å². The molecule has 0 aromatic carbocycles. The van der Waals surface area contributed by atoms with Gasteiger partial charge in [-0.05, 0) is 24.2 Å². The molecule has 0 aromatic rings. The van der Waals surface area contributed by atoms with Gasteiger partial charge in [0.2, 0.25) is 0 Å². The zero-order chi connectivity index (χ0) is 14.6. The van der Waals surface area contributed by atoms with Crippen LogP contribution in [-0.4, -0.2) is 42.4 Å². The van der Waals surface area contributed by atoms with Crippen molar-refractivity contribution in [3.8, 4) is 6.07 Å². The fraction of sp³-hybridized carbons (Fsp3) is 0.857. The molecule has 3 atom stereocenters. The molecule has 108 valence electrons. The molecule has 1 unspecified atom stereocenters. The molecule has 1 saturated heterocycles. The second kappa shape index (κ2) is 6.25. The maximum Gasteiger partial charge on any atom is 0.408 e. The fourth-order valence-electron chi connectivity index (χ4n) is 3.01. The van der Waals surface area contributed by atoms with E-state index in [2.05, 4.69) is 26.8 Å². The summed E-state index contributed by atoms with van der Waals surface area (Å²) in [6, 6.07) is 1.54. The second-order valence-corrected chi connectivity index (χ2v) is 6.34. The van der Waals surface area contributed by atoms with Gasteiger partial charge in [-0.1, -0.05) is 20.8 Å². The number of carbonyl (C=O) groups is 1. The SMILES string of the molecule is CN(C(=O)O)[C@H](C#N)C([C@H]1CCCOC1)C(C)(C)C. The largest absolute Gasteiger partial charge is 0.465 e. The lowest BCUT2D eigenvalue weighted by Crippen LogP contribution is -2.49. The van der Waals surface area contributed by atoms with Crippen molar-refractivity contribution in [1.29, 1.82) is 5.26 Å².